The fourth-order valence-electron chi connectivity index (χ4n) is 0.862. The molecule has 0 aliphatic rings. The van der Waals surface area contributed by atoms with Gasteiger partial charge in [-0.05, 0) is 4.92 Å². The van der Waals surface area contributed by atoms with Crippen molar-refractivity contribution in [3.05, 3.63) is 16.4 Å². The van der Waals surface area contributed by atoms with E-state index in [2.05, 4.69) is 14.8 Å². The Labute approximate surface area is 87.0 Å². The zero-order valence-corrected chi connectivity index (χ0v) is 7.96. The molecule has 0 bridgehead atoms. The van der Waals surface area contributed by atoms with E-state index in [0.717, 1.165) is 13.4 Å². The number of rotatable bonds is 4. The zero-order chi connectivity index (χ0) is 12.3. The van der Waals surface area contributed by atoms with Gasteiger partial charge in [0.05, 0.1) is 7.11 Å². The summed E-state index contributed by atoms with van der Waals surface area (Å²) < 4.78 is 30.3. The predicted molar refractivity (Wildman–Crippen MR) is 43.6 cm³/mol. The molecule has 0 radical (unpaired) electrons. The molecule has 0 saturated heterocycles. The first-order valence-electron chi connectivity index (χ1n) is 3.87. The molecule has 1 rings (SSSR count). The number of aromatic nitrogens is 3. The Hall–Kier alpha value is -2.13. The average molecular weight is 236 g/mol. The van der Waals surface area contributed by atoms with Gasteiger partial charge in [0.25, 0.3) is 0 Å². The highest BCUT2D eigenvalue weighted by Gasteiger charge is 2.42. The number of carbonyl (C=O) groups is 1. The summed E-state index contributed by atoms with van der Waals surface area (Å²) in [6, 6.07) is 0. The lowest BCUT2D eigenvalue weighted by atomic mass is 10.3. The Morgan fingerprint density at radius 3 is 2.81 bits per heavy atom. The third kappa shape index (κ3) is 2.46. The Bertz CT molecular complexity index is 418. The third-order valence-corrected chi connectivity index (χ3v) is 1.53. The number of hydrogen-bond acceptors (Lipinski definition) is 6. The van der Waals surface area contributed by atoms with Crippen molar-refractivity contribution in [2.45, 2.75) is 12.5 Å². The number of alkyl halides is 2. The molecule has 0 amide bonds. The van der Waals surface area contributed by atoms with E-state index in [0.29, 0.717) is 4.68 Å². The number of methoxy groups -OCH3 is 1. The van der Waals surface area contributed by atoms with E-state index < -0.39 is 29.3 Å². The van der Waals surface area contributed by atoms with Crippen molar-refractivity contribution in [2.75, 3.05) is 7.11 Å². The molecular weight excluding hydrogens is 230 g/mol. The van der Waals surface area contributed by atoms with Crippen molar-refractivity contribution >= 4 is 11.9 Å². The van der Waals surface area contributed by atoms with Gasteiger partial charge in [-0.25, -0.2) is 4.79 Å². The summed E-state index contributed by atoms with van der Waals surface area (Å²) in [4.78, 5) is 23.0. The van der Waals surface area contributed by atoms with E-state index in [4.69, 9.17) is 0 Å². The van der Waals surface area contributed by atoms with Gasteiger partial charge < -0.3 is 14.9 Å². The molecule has 0 spiro atoms. The number of ether oxygens (including phenoxy) is 1. The van der Waals surface area contributed by atoms with Gasteiger partial charge >= 0.3 is 17.8 Å². The van der Waals surface area contributed by atoms with Crippen molar-refractivity contribution in [3.63, 3.8) is 0 Å². The summed E-state index contributed by atoms with van der Waals surface area (Å²) in [5.41, 5.74) is 0. The van der Waals surface area contributed by atoms with Crippen LogP contribution in [0.4, 0.5) is 14.7 Å². The standard InChI is InChI=1S/C6H6F2N4O4/c1-16-4(13)6(7,8)2-11-3-9-5(10-11)12(14)15/h3H,2H2,1H3. The monoisotopic (exact) mass is 236 g/mol. The first kappa shape index (κ1) is 11.9. The van der Waals surface area contributed by atoms with Crippen molar-refractivity contribution in [2.24, 2.45) is 0 Å². The van der Waals surface area contributed by atoms with Crippen molar-refractivity contribution in [1.82, 2.24) is 14.8 Å². The van der Waals surface area contributed by atoms with Gasteiger partial charge in [0.2, 0.25) is 6.33 Å². The van der Waals surface area contributed by atoms with Gasteiger partial charge in [-0.1, -0.05) is 4.98 Å². The second kappa shape index (κ2) is 4.16. The molecule has 16 heavy (non-hydrogen) atoms. The van der Waals surface area contributed by atoms with Gasteiger partial charge in [-0.15, -0.1) is 0 Å². The Kier molecular flexibility index (Phi) is 3.11. The van der Waals surface area contributed by atoms with Crippen LogP contribution in [0.5, 0.6) is 0 Å². The Morgan fingerprint density at radius 1 is 1.75 bits per heavy atom. The van der Waals surface area contributed by atoms with Crippen LogP contribution in [0, 0.1) is 10.1 Å². The van der Waals surface area contributed by atoms with Gasteiger partial charge in [0.1, 0.15) is 6.54 Å². The minimum absolute atomic E-state index is 0.495. The topological polar surface area (TPSA) is 100 Å². The van der Waals surface area contributed by atoms with Crippen LogP contribution in [0.25, 0.3) is 0 Å². The molecule has 8 nitrogen and oxygen atoms in total. The first-order chi connectivity index (χ1) is 7.36. The lowest BCUT2D eigenvalue weighted by molar-refractivity contribution is -0.394. The number of carbonyl (C=O) groups excluding carboxylic acids is 1. The van der Waals surface area contributed by atoms with Crippen LogP contribution in [-0.2, 0) is 16.1 Å². The molecule has 1 heterocycles. The van der Waals surface area contributed by atoms with E-state index in [1.807, 2.05) is 0 Å². The van der Waals surface area contributed by atoms with E-state index >= 15 is 0 Å². The molecule has 0 aromatic carbocycles. The number of nitro groups is 1. The molecule has 0 N–H and O–H groups in total. The van der Waals surface area contributed by atoms with Crippen LogP contribution < -0.4 is 0 Å². The lowest BCUT2D eigenvalue weighted by Crippen LogP contribution is -2.35. The molecule has 0 aliphatic heterocycles. The highest BCUT2D eigenvalue weighted by atomic mass is 19.3. The summed E-state index contributed by atoms with van der Waals surface area (Å²) in [7, 11) is 0.806. The molecule has 0 fully saturated rings. The van der Waals surface area contributed by atoms with Crippen LogP contribution >= 0.6 is 0 Å². The summed E-state index contributed by atoms with van der Waals surface area (Å²) in [5, 5.41) is 13.3. The van der Waals surface area contributed by atoms with Crippen molar-refractivity contribution in [1.29, 1.82) is 0 Å². The highest BCUT2D eigenvalue weighted by Crippen LogP contribution is 2.17. The van der Waals surface area contributed by atoms with Gasteiger partial charge in [0.15, 0.2) is 0 Å². The van der Waals surface area contributed by atoms with Crippen LogP contribution in [0.3, 0.4) is 0 Å². The lowest BCUT2D eigenvalue weighted by Gasteiger charge is -2.10. The summed E-state index contributed by atoms with van der Waals surface area (Å²) >= 11 is 0. The SMILES string of the molecule is COC(=O)C(F)(F)Cn1cnc([N+](=O)[O-])n1. The average Bonchev–Trinajstić information content (AvgIpc) is 2.64. The zero-order valence-electron chi connectivity index (χ0n) is 7.96. The Balaban J connectivity index is 2.80. The van der Waals surface area contributed by atoms with E-state index in [1.54, 1.807) is 0 Å². The second-order valence-electron chi connectivity index (χ2n) is 2.70. The number of esters is 1. The van der Waals surface area contributed by atoms with E-state index in [9.17, 15) is 23.7 Å². The summed E-state index contributed by atoms with van der Waals surface area (Å²) in [5.74, 6) is -6.37. The van der Waals surface area contributed by atoms with Crippen molar-refractivity contribution < 1.29 is 23.2 Å². The normalized spacial score (nSPS) is 11.2. The van der Waals surface area contributed by atoms with Crippen molar-refractivity contribution in [3.8, 4) is 0 Å². The van der Waals surface area contributed by atoms with Gasteiger partial charge in [-0.2, -0.15) is 13.5 Å². The molecule has 10 heteroatoms. The van der Waals surface area contributed by atoms with E-state index in [-0.39, 0.29) is 0 Å². The molecule has 88 valence electrons. The fourth-order valence-corrected chi connectivity index (χ4v) is 0.862. The number of hydrogen-bond donors (Lipinski definition) is 0. The predicted octanol–water partition coefficient (Wildman–Crippen LogP) is -0.00540. The third-order valence-electron chi connectivity index (χ3n) is 1.53. The maximum absolute atomic E-state index is 13.0. The van der Waals surface area contributed by atoms with Crippen LogP contribution in [0.1, 0.15) is 0 Å². The van der Waals surface area contributed by atoms with Crippen LogP contribution in [-0.4, -0.2) is 38.7 Å². The molecular formula is C6H6F2N4O4. The molecule has 0 atom stereocenters. The molecule has 1 aromatic rings. The number of halogens is 2. The van der Waals surface area contributed by atoms with Gasteiger partial charge in [-0.3, -0.25) is 0 Å². The second-order valence-corrected chi connectivity index (χ2v) is 2.70. The fraction of sp³-hybridized carbons (Fsp3) is 0.500. The highest BCUT2D eigenvalue weighted by molar-refractivity contribution is 5.77. The van der Waals surface area contributed by atoms with Crippen LogP contribution in [0.15, 0.2) is 6.33 Å². The molecule has 0 aliphatic carbocycles. The van der Waals surface area contributed by atoms with Crippen LogP contribution in [0.2, 0.25) is 0 Å². The molecule has 0 saturated carbocycles. The minimum Gasteiger partial charge on any atom is -0.465 e. The minimum atomic E-state index is -3.81. The number of nitrogens with zero attached hydrogens (tertiary/aromatic N) is 4. The molecule has 1 aromatic heterocycles. The van der Waals surface area contributed by atoms with Gasteiger partial charge in [0, 0.05) is 5.10 Å². The summed E-state index contributed by atoms with van der Waals surface area (Å²) in [6.07, 6.45) is 0.731. The first-order valence-corrected chi connectivity index (χ1v) is 3.87. The molecule has 0 unspecified atom stereocenters. The smallest absolute Gasteiger partial charge is 0.465 e. The van der Waals surface area contributed by atoms with E-state index in [1.165, 1.54) is 0 Å². The largest absolute Gasteiger partial charge is 0.490 e. The Morgan fingerprint density at radius 2 is 2.38 bits per heavy atom. The maximum atomic E-state index is 13.0. The maximum Gasteiger partial charge on any atom is 0.490 e. The summed E-state index contributed by atoms with van der Waals surface area (Å²) in [6.45, 7) is -1.17. The quantitative estimate of drug-likeness (QED) is 0.414.